The zero-order chi connectivity index (χ0) is 12.9. The molecule has 0 spiro atoms. The molecule has 2 N–H and O–H groups in total. The topological polar surface area (TPSA) is 57.5 Å². The van der Waals surface area contributed by atoms with Gasteiger partial charge in [0.1, 0.15) is 5.60 Å². The molecule has 0 bridgehead atoms. The zero-order valence-electron chi connectivity index (χ0n) is 9.56. The highest BCUT2D eigenvalue weighted by atomic mass is 127. The van der Waals surface area contributed by atoms with Gasteiger partial charge in [-0.2, -0.15) is 0 Å². The van der Waals surface area contributed by atoms with Gasteiger partial charge in [-0.1, -0.05) is 66.3 Å². The fourth-order valence-electron chi connectivity index (χ4n) is 1.82. The molecule has 17 heavy (non-hydrogen) atoms. The maximum Gasteiger partial charge on any atom is 0.335 e. The van der Waals surface area contributed by atoms with E-state index in [-0.39, 0.29) is 5.57 Å². The smallest absolute Gasteiger partial charge is 0.335 e. The average Bonchev–Trinajstić information content (AvgIpc) is 2.31. The van der Waals surface area contributed by atoms with E-state index in [9.17, 15) is 9.90 Å². The highest BCUT2D eigenvalue weighted by Gasteiger charge is 2.36. The Bertz CT molecular complexity index is 414. The second-order valence-corrected chi connectivity index (χ2v) is 4.43. The lowest BCUT2D eigenvalue weighted by Gasteiger charge is -2.28. The van der Waals surface area contributed by atoms with Crippen LogP contribution in [0.3, 0.4) is 0 Å². The molecule has 4 heteroatoms. The van der Waals surface area contributed by atoms with Crippen molar-refractivity contribution in [3.05, 3.63) is 45.6 Å². The fourth-order valence-corrected chi connectivity index (χ4v) is 2.61. The van der Waals surface area contributed by atoms with Gasteiger partial charge in [0.05, 0.1) is 5.57 Å². The minimum atomic E-state index is -1.41. The van der Waals surface area contributed by atoms with Crippen molar-refractivity contribution >= 4 is 28.6 Å². The third-order valence-electron chi connectivity index (χ3n) is 2.65. The van der Waals surface area contributed by atoms with Gasteiger partial charge in [-0.25, -0.2) is 4.79 Å². The van der Waals surface area contributed by atoms with Gasteiger partial charge in [-0.05, 0) is 16.1 Å². The zero-order valence-corrected chi connectivity index (χ0v) is 11.7. The summed E-state index contributed by atoms with van der Waals surface area (Å²) in [5, 5.41) is 19.8. The lowest BCUT2D eigenvalue weighted by atomic mass is 9.83. The molecule has 1 atom stereocenters. The fraction of sp³-hybridized carbons (Fsp3) is 0.308. The van der Waals surface area contributed by atoms with E-state index in [0.717, 1.165) is 0 Å². The van der Waals surface area contributed by atoms with E-state index in [4.69, 9.17) is 5.11 Å². The van der Waals surface area contributed by atoms with Crippen molar-refractivity contribution in [3.63, 3.8) is 0 Å². The predicted molar refractivity (Wildman–Crippen MR) is 75.0 cm³/mol. The number of carbonyl (C=O) groups is 1. The van der Waals surface area contributed by atoms with Gasteiger partial charge in [-0.15, -0.1) is 0 Å². The summed E-state index contributed by atoms with van der Waals surface area (Å²) in [5.74, 6) is -1.08. The quantitative estimate of drug-likeness (QED) is 0.636. The number of benzene rings is 1. The summed E-state index contributed by atoms with van der Waals surface area (Å²) in [6.07, 6.45) is 1.09. The first-order valence-corrected chi connectivity index (χ1v) is 6.63. The predicted octanol–water partition coefficient (Wildman–Crippen LogP) is 3.08. The van der Waals surface area contributed by atoms with Crippen LogP contribution in [0.15, 0.2) is 40.0 Å². The summed E-state index contributed by atoms with van der Waals surface area (Å²) in [6.45, 7) is 1.92. The van der Waals surface area contributed by atoms with E-state index in [1.165, 1.54) is 4.08 Å². The molecule has 92 valence electrons. The molecule has 0 saturated heterocycles. The molecule has 0 radical (unpaired) electrons. The number of carboxylic acids is 1. The van der Waals surface area contributed by atoms with Crippen LogP contribution in [-0.4, -0.2) is 16.2 Å². The van der Waals surface area contributed by atoms with E-state index in [2.05, 4.69) is 0 Å². The first-order valence-electron chi connectivity index (χ1n) is 5.38. The van der Waals surface area contributed by atoms with Crippen molar-refractivity contribution in [2.75, 3.05) is 0 Å². The molecule has 0 aliphatic carbocycles. The van der Waals surface area contributed by atoms with Crippen molar-refractivity contribution < 1.29 is 15.0 Å². The molecule has 0 fully saturated rings. The normalized spacial score (nSPS) is 15.4. The van der Waals surface area contributed by atoms with E-state index in [1.54, 1.807) is 24.3 Å². The van der Waals surface area contributed by atoms with Gasteiger partial charge in [-0.3, -0.25) is 0 Å². The van der Waals surface area contributed by atoms with Crippen molar-refractivity contribution in [2.45, 2.75) is 25.4 Å². The number of aliphatic hydroxyl groups is 1. The molecule has 0 amide bonds. The Hall–Kier alpha value is -0.880. The van der Waals surface area contributed by atoms with Crippen LogP contribution in [0, 0.1) is 0 Å². The minimum Gasteiger partial charge on any atom is -0.478 e. The summed E-state index contributed by atoms with van der Waals surface area (Å²) in [5.41, 5.74) is -0.776. The second kappa shape index (κ2) is 6.16. The van der Waals surface area contributed by atoms with Gasteiger partial charge in [0, 0.05) is 0 Å². The summed E-state index contributed by atoms with van der Waals surface area (Å²) in [7, 11) is 0. The van der Waals surface area contributed by atoms with Crippen LogP contribution in [0.1, 0.15) is 25.3 Å². The molecule has 1 aromatic carbocycles. The summed E-state index contributed by atoms with van der Waals surface area (Å²) in [6, 6.07) is 8.92. The van der Waals surface area contributed by atoms with Crippen LogP contribution in [0.4, 0.5) is 0 Å². The third kappa shape index (κ3) is 3.07. The monoisotopic (exact) mass is 346 g/mol. The lowest BCUT2D eigenvalue weighted by Crippen LogP contribution is -2.32. The second-order valence-electron chi connectivity index (χ2n) is 3.80. The largest absolute Gasteiger partial charge is 0.478 e. The Morgan fingerprint density at radius 3 is 2.41 bits per heavy atom. The van der Waals surface area contributed by atoms with Crippen molar-refractivity contribution in [1.29, 1.82) is 0 Å². The summed E-state index contributed by atoms with van der Waals surface area (Å²) in [4.78, 5) is 11.2. The summed E-state index contributed by atoms with van der Waals surface area (Å²) >= 11 is 1.85. The first kappa shape index (κ1) is 14.2. The average molecular weight is 346 g/mol. The van der Waals surface area contributed by atoms with E-state index >= 15 is 0 Å². The maximum atomic E-state index is 11.2. The van der Waals surface area contributed by atoms with Gasteiger partial charge >= 0.3 is 5.97 Å². The Labute approximate surface area is 114 Å². The van der Waals surface area contributed by atoms with E-state index < -0.39 is 11.6 Å². The minimum absolute atomic E-state index is 0.0196. The van der Waals surface area contributed by atoms with Gasteiger partial charge in [0.2, 0.25) is 0 Å². The Morgan fingerprint density at radius 2 is 2.00 bits per heavy atom. The highest BCUT2D eigenvalue weighted by Crippen LogP contribution is 2.34. The number of aliphatic carboxylic acids is 1. The first-order chi connectivity index (χ1) is 8.06. The van der Waals surface area contributed by atoms with Crippen LogP contribution in [0.5, 0.6) is 0 Å². The number of carboxylic acid groups (broad SMARTS) is 1. The molecule has 0 aliphatic heterocycles. The van der Waals surface area contributed by atoms with Crippen molar-refractivity contribution in [1.82, 2.24) is 0 Å². The number of rotatable bonds is 5. The van der Waals surface area contributed by atoms with Gasteiger partial charge in [0.25, 0.3) is 0 Å². The van der Waals surface area contributed by atoms with Crippen LogP contribution in [0.2, 0.25) is 0 Å². The Kier molecular flexibility index (Phi) is 5.14. The molecule has 1 rings (SSSR count). The van der Waals surface area contributed by atoms with Crippen LogP contribution >= 0.6 is 22.6 Å². The summed E-state index contributed by atoms with van der Waals surface area (Å²) < 4.78 is 1.43. The molecule has 0 heterocycles. The molecule has 1 unspecified atom stereocenters. The van der Waals surface area contributed by atoms with Crippen LogP contribution in [0.25, 0.3) is 0 Å². The maximum absolute atomic E-state index is 11.2. The van der Waals surface area contributed by atoms with Crippen molar-refractivity contribution in [2.24, 2.45) is 0 Å². The van der Waals surface area contributed by atoms with Crippen LogP contribution < -0.4 is 0 Å². The van der Waals surface area contributed by atoms with E-state index in [1.807, 2.05) is 35.6 Å². The molecule has 0 aromatic heterocycles. The van der Waals surface area contributed by atoms with Crippen LogP contribution in [-0.2, 0) is 10.4 Å². The van der Waals surface area contributed by atoms with Crippen molar-refractivity contribution in [3.8, 4) is 0 Å². The Balaban J connectivity index is 3.27. The molecule has 3 nitrogen and oxygen atoms in total. The standard InChI is InChI=1S/C13H15IO3/c1-2-8-13(17,11(9-14)12(15)16)10-6-4-3-5-7-10/h3-7,9,17H,2,8H2,1H3,(H,15,16). The number of hydrogen-bond donors (Lipinski definition) is 2. The number of halogens is 1. The molecular weight excluding hydrogens is 331 g/mol. The van der Waals surface area contributed by atoms with Gasteiger partial charge in [0.15, 0.2) is 0 Å². The molecular formula is C13H15IO3. The molecule has 1 aromatic rings. The highest BCUT2D eigenvalue weighted by molar-refractivity contribution is 14.1. The third-order valence-corrected chi connectivity index (χ3v) is 3.27. The molecule has 0 aliphatic rings. The SMILES string of the molecule is CCCC(O)(C(=CI)C(=O)O)c1ccccc1. The lowest BCUT2D eigenvalue weighted by molar-refractivity contribution is -0.135. The number of hydrogen-bond acceptors (Lipinski definition) is 2. The molecule has 0 saturated carbocycles. The van der Waals surface area contributed by atoms with Gasteiger partial charge < -0.3 is 10.2 Å². The Morgan fingerprint density at radius 1 is 1.41 bits per heavy atom. The van der Waals surface area contributed by atoms with E-state index in [0.29, 0.717) is 18.4 Å².